The molecule has 3 aromatic rings. The second-order valence-electron chi connectivity index (χ2n) is 11.7. The molecule has 1 N–H and O–H groups in total. The van der Waals surface area contributed by atoms with Gasteiger partial charge in [-0.05, 0) is 96.2 Å². The lowest BCUT2D eigenvalue weighted by molar-refractivity contribution is -0.143. The molecule has 1 aliphatic carbocycles. The number of nitrogens with one attached hydrogen (secondary N) is 1. The molecule has 1 aromatic heterocycles. The van der Waals surface area contributed by atoms with Crippen molar-refractivity contribution in [2.45, 2.75) is 90.3 Å². The number of ether oxygens (including phenoxy) is 1. The van der Waals surface area contributed by atoms with Crippen molar-refractivity contribution in [3.8, 4) is 0 Å². The number of fused-ring (bicyclic) bond motifs is 2. The molecule has 1 aliphatic heterocycles. The van der Waals surface area contributed by atoms with E-state index in [-0.39, 0.29) is 36.1 Å². The predicted octanol–water partition coefficient (Wildman–Crippen LogP) is 7.65. The number of carbonyl (C=O) groups is 1. The lowest BCUT2D eigenvalue weighted by atomic mass is 9.95. The topological polar surface area (TPSA) is 87.2 Å². The van der Waals surface area contributed by atoms with Crippen molar-refractivity contribution in [1.29, 1.82) is 0 Å². The number of hydrogen-bond acceptors (Lipinski definition) is 6. The Morgan fingerprint density at radius 1 is 1.02 bits per heavy atom. The molecule has 238 valence electrons. The van der Waals surface area contributed by atoms with Crippen LogP contribution in [-0.4, -0.2) is 39.4 Å². The van der Waals surface area contributed by atoms with Gasteiger partial charge in [-0.1, -0.05) is 31.9 Å². The number of halogens is 6. The van der Waals surface area contributed by atoms with Gasteiger partial charge >= 0.3 is 18.4 Å². The molecule has 0 saturated carbocycles. The van der Waals surface area contributed by atoms with Gasteiger partial charge in [-0.2, -0.15) is 31.6 Å². The minimum atomic E-state index is -4.99. The summed E-state index contributed by atoms with van der Waals surface area (Å²) in [6.07, 6.45) is -6.67. The average molecular weight is 625 g/mol. The molecule has 1 amide bonds. The van der Waals surface area contributed by atoms with Crippen LogP contribution in [0.15, 0.2) is 30.3 Å². The summed E-state index contributed by atoms with van der Waals surface area (Å²) in [5.41, 5.74) is 0.456. The SMILES string of the molecule is CCC(OC(=O)N1CCCC(N(Cc2cc(C(F)(F)F)cc(C(F)(F)F)c2)c2nn[nH]n2)c2cc3c(cc21)CCC3)C(C)C. The minimum absolute atomic E-state index is 0.00861. The Morgan fingerprint density at radius 3 is 2.25 bits per heavy atom. The van der Waals surface area contributed by atoms with Gasteiger partial charge in [-0.15, -0.1) is 5.10 Å². The molecule has 5 rings (SSSR count). The molecule has 2 aromatic carbocycles. The van der Waals surface area contributed by atoms with Gasteiger partial charge in [0.05, 0.1) is 22.9 Å². The van der Waals surface area contributed by atoms with Gasteiger partial charge in [0.1, 0.15) is 6.10 Å². The highest BCUT2D eigenvalue weighted by atomic mass is 19.4. The van der Waals surface area contributed by atoms with Crippen LogP contribution in [0.25, 0.3) is 0 Å². The fraction of sp³-hybridized carbons (Fsp3) is 0.533. The Labute approximate surface area is 250 Å². The number of tetrazole rings is 1. The lowest BCUT2D eigenvalue weighted by Gasteiger charge is -2.33. The molecule has 0 spiro atoms. The van der Waals surface area contributed by atoms with Crippen LogP contribution in [-0.2, 0) is 36.5 Å². The van der Waals surface area contributed by atoms with Gasteiger partial charge in [0.25, 0.3) is 5.95 Å². The summed E-state index contributed by atoms with van der Waals surface area (Å²) >= 11 is 0. The van der Waals surface area contributed by atoms with E-state index in [0.29, 0.717) is 49.2 Å². The summed E-state index contributed by atoms with van der Waals surface area (Å²) in [5, 5.41) is 14.1. The number of alkyl halides is 6. The van der Waals surface area contributed by atoms with Crippen molar-refractivity contribution in [2.24, 2.45) is 5.92 Å². The molecule has 0 fully saturated rings. The van der Waals surface area contributed by atoms with Gasteiger partial charge in [0, 0.05) is 13.1 Å². The average Bonchev–Trinajstić information content (AvgIpc) is 3.62. The molecule has 0 bridgehead atoms. The summed E-state index contributed by atoms with van der Waals surface area (Å²) in [4.78, 5) is 16.7. The summed E-state index contributed by atoms with van der Waals surface area (Å²) in [6, 6.07) is 4.90. The summed E-state index contributed by atoms with van der Waals surface area (Å²) in [7, 11) is 0. The van der Waals surface area contributed by atoms with E-state index in [2.05, 4.69) is 20.6 Å². The molecule has 2 aliphatic rings. The van der Waals surface area contributed by atoms with Crippen LogP contribution in [0.3, 0.4) is 0 Å². The van der Waals surface area contributed by atoms with Gasteiger partial charge in [0.15, 0.2) is 0 Å². The Balaban J connectivity index is 1.60. The van der Waals surface area contributed by atoms with Crippen LogP contribution in [0.2, 0.25) is 0 Å². The number of rotatable bonds is 7. The van der Waals surface area contributed by atoms with E-state index in [0.717, 1.165) is 30.4 Å². The number of aryl methyl sites for hydroxylation is 2. The molecular weight excluding hydrogens is 590 g/mol. The largest absolute Gasteiger partial charge is 0.446 e. The monoisotopic (exact) mass is 624 g/mol. The molecule has 2 atom stereocenters. The normalized spacial score (nSPS) is 17.7. The smallest absolute Gasteiger partial charge is 0.416 e. The van der Waals surface area contributed by atoms with E-state index < -0.39 is 35.6 Å². The zero-order valence-electron chi connectivity index (χ0n) is 24.6. The highest BCUT2D eigenvalue weighted by molar-refractivity contribution is 5.89. The summed E-state index contributed by atoms with van der Waals surface area (Å²) < 4.78 is 88.1. The molecule has 2 unspecified atom stereocenters. The third kappa shape index (κ3) is 6.63. The van der Waals surface area contributed by atoms with Crippen molar-refractivity contribution in [2.75, 3.05) is 16.3 Å². The maximum absolute atomic E-state index is 13.7. The second-order valence-corrected chi connectivity index (χ2v) is 11.7. The zero-order valence-corrected chi connectivity index (χ0v) is 24.6. The maximum atomic E-state index is 13.7. The number of amides is 1. The molecular formula is C30H34F6N6O2. The van der Waals surface area contributed by atoms with Crippen LogP contribution >= 0.6 is 0 Å². The Morgan fingerprint density at radius 2 is 1.68 bits per heavy atom. The van der Waals surface area contributed by atoms with Gasteiger partial charge in [0.2, 0.25) is 0 Å². The Bertz CT molecular complexity index is 1440. The number of aromatic amines is 1. The molecule has 8 nitrogen and oxygen atoms in total. The van der Waals surface area contributed by atoms with Crippen LogP contribution in [0.5, 0.6) is 0 Å². The van der Waals surface area contributed by atoms with E-state index in [1.165, 1.54) is 0 Å². The van der Waals surface area contributed by atoms with Gasteiger partial charge in [-0.25, -0.2) is 4.79 Å². The van der Waals surface area contributed by atoms with Crippen molar-refractivity contribution in [3.63, 3.8) is 0 Å². The van der Waals surface area contributed by atoms with E-state index in [4.69, 9.17) is 4.74 Å². The van der Waals surface area contributed by atoms with E-state index >= 15 is 0 Å². The van der Waals surface area contributed by atoms with Crippen LogP contribution in [0.4, 0.5) is 42.8 Å². The first-order valence-electron chi connectivity index (χ1n) is 14.7. The second kappa shape index (κ2) is 12.3. The van der Waals surface area contributed by atoms with Crippen molar-refractivity contribution in [1.82, 2.24) is 20.6 Å². The van der Waals surface area contributed by atoms with Crippen molar-refractivity contribution in [3.05, 3.63) is 63.7 Å². The third-order valence-electron chi connectivity index (χ3n) is 8.34. The number of nitrogens with zero attached hydrogens (tertiary/aromatic N) is 5. The van der Waals surface area contributed by atoms with Gasteiger partial charge in [-0.3, -0.25) is 4.90 Å². The van der Waals surface area contributed by atoms with E-state index in [1.54, 1.807) is 9.80 Å². The van der Waals surface area contributed by atoms with Crippen LogP contribution in [0.1, 0.15) is 85.9 Å². The molecule has 2 heterocycles. The molecule has 0 saturated heterocycles. The first kappa shape index (κ1) is 31.6. The van der Waals surface area contributed by atoms with E-state index in [9.17, 15) is 31.1 Å². The van der Waals surface area contributed by atoms with Gasteiger partial charge < -0.3 is 9.64 Å². The fourth-order valence-corrected chi connectivity index (χ4v) is 6.15. The molecule has 44 heavy (non-hydrogen) atoms. The van der Waals surface area contributed by atoms with Crippen molar-refractivity contribution >= 4 is 17.7 Å². The number of anilines is 2. The zero-order chi connectivity index (χ0) is 31.8. The molecule has 0 radical (unpaired) electrons. The quantitative estimate of drug-likeness (QED) is 0.272. The third-order valence-corrected chi connectivity index (χ3v) is 8.34. The predicted molar refractivity (Wildman–Crippen MR) is 150 cm³/mol. The highest BCUT2D eigenvalue weighted by Gasteiger charge is 2.39. The first-order valence-corrected chi connectivity index (χ1v) is 14.7. The maximum Gasteiger partial charge on any atom is 0.416 e. The van der Waals surface area contributed by atoms with Crippen LogP contribution < -0.4 is 9.80 Å². The van der Waals surface area contributed by atoms with Crippen LogP contribution in [0, 0.1) is 5.92 Å². The number of H-pyrrole nitrogens is 1. The fourth-order valence-electron chi connectivity index (χ4n) is 6.15. The number of benzene rings is 2. The Kier molecular flexibility index (Phi) is 8.81. The number of carbonyl (C=O) groups excluding carboxylic acids is 1. The summed E-state index contributed by atoms with van der Waals surface area (Å²) in [5.74, 6) is 0.111. The minimum Gasteiger partial charge on any atom is -0.446 e. The lowest BCUT2D eigenvalue weighted by Crippen LogP contribution is -2.36. The Hall–Kier alpha value is -3.84. The van der Waals surface area contributed by atoms with Crippen molar-refractivity contribution < 1.29 is 35.9 Å². The summed E-state index contributed by atoms with van der Waals surface area (Å²) in [6.45, 7) is 5.84. The number of aromatic nitrogens is 4. The number of hydrogen-bond donors (Lipinski definition) is 1. The standard InChI is InChI=1S/C30H34F6N6O2/c1-4-26(17(2)3)44-28(43)41-10-6-9-24(23-13-19-7-5-8-20(19)14-25(23)41)42(27-37-39-40-38-27)16-18-11-21(29(31,32)33)15-22(12-18)30(34,35)36/h11-15,17,24,26H,4-10,16H2,1-3H3,(H,37,38,39,40). The first-order chi connectivity index (χ1) is 20.8. The molecule has 14 heteroatoms. The van der Waals surface area contributed by atoms with E-state index in [1.807, 2.05) is 32.9 Å². The highest BCUT2D eigenvalue weighted by Crippen LogP contribution is 2.43.